The number of benzene rings is 1. The van der Waals surface area contributed by atoms with Crippen LogP contribution in [0.4, 0.5) is 11.5 Å². The first kappa shape index (κ1) is 12.1. The molecule has 2 aromatic rings. The van der Waals surface area contributed by atoms with Crippen LogP contribution in [0.25, 0.3) is 0 Å². The van der Waals surface area contributed by atoms with Crippen molar-refractivity contribution in [3.63, 3.8) is 0 Å². The molecule has 3 rings (SSSR count). The Labute approximate surface area is 113 Å². The molecule has 0 saturated heterocycles. The largest absolute Gasteiger partial charge is 0.346 e. The van der Waals surface area contributed by atoms with Crippen LogP contribution in [0.5, 0.6) is 0 Å². The third-order valence-corrected chi connectivity index (χ3v) is 3.05. The van der Waals surface area contributed by atoms with Crippen molar-refractivity contribution in [2.45, 2.75) is 6.17 Å². The molecule has 1 aliphatic heterocycles. The molecular formula is C13H10N4O3. The van der Waals surface area contributed by atoms with Crippen LogP contribution in [0, 0.1) is 10.1 Å². The Morgan fingerprint density at radius 3 is 2.60 bits per heavy atom. The summed E-state index contributed by atoms with van der Waals surface area (Å²) in [6, 6.07) is 9.37. The number of fused-ring (bicyclic) bond motifs is 1. The fraction of sp³-hybridized carbons (Fsp3) is 0.0769. The average molecular weight is 270 g/mol. The smallest absolute Gasteiger partial charge is 0.269 e. The van der Waals surface area contributed by atoms with E-state index in [1.807, 2.05) is 0 Å². The fourth-order valence-corrected chi connectivity index (χ4v) is 2.04. The minimum Gasteiger partial charge on any atom is -0.346 e. The summed E-state index contributed by atoms with van der Waals surface area (Å²) in [6.45, 7) is 0. The van der Waals surface area contributed by atoms with Gasteiger partial charge in [0.2, 0.25) is 0 Å². The predicted octanol–water partition coefficient (Wildman–Crippen LogP) is 1.84. The number of pyridine rings is 1. The maximum Gasteiger partial charge on any atom is 0.269 e. The first-order valence-corrected chi connectivity index (χ1v) is 5.92. The van der Waals surface area contributed by atoms with Gasteiger partial charge in [-0.2, -0.15) is 0 Å². The van der Waals surface area contributed by atoms with Gasteiger partial charge < -0.3 is 10.6 Å². The third-order valence-electron chi connectivity index (χ3n) is 3.05. The second kappa shape index (κ2) is 4.61. The molecule has 1 aliphatic rings. The Balaban J connectivity index is 1.90. The lowest BCUT2D eigenvalue weighted by atomic mass is 10.1. The third kappa shape index (κ3) is 2.05. The molecule has 1 atom stereocenters. The first-order valence-electron chi connectivity index (χ1n) is 5.92. The minimum absolute atomic E-state index is 0.00871. The molecule has 1 amide bonds. The van der Waals surface area contributed by atoms with Crippen molar-refractivity contribution in [3.05, 3.63) is 63.8 Å². The van der Waals surface area contributed by atoms with Crippen molar-refractivity contribution in [1.29, 1.82) is 0 Å². The molecule has 7 nitrogen and oxygen atoms in total. The van der Waals surface area contributed by atoms with Gasteiger partial charge in [-0.05, 0) is 29.8 Å². The van der Waals surface area contributed by atoms with Crippen LogP contribution < -0.4 is 10.6 Å². The predicted molar refractivity (Wildman–Crippen MR) is 71.2 cm³/mol. The van der Waals surface area contributed by atoms with Gasteiger partial charge in [0.25, 0.3) is 11.6 Å². The number of nitrogens with one attached hydrogen (secondary N) is 2. The number of nitrogens with zero attached hydrogens (tertiary/aromatic N) is 2. The van der Waals surface area contributed by atoms with Crippen LogP contribution in [0.15, 0.2) is 42.6 Å². The molecule has 1 unspecified atom stereocenters. The molecular weight excluding hydrogens is 260 g/mol. The summed E-state index contributed by atoms with van der Waals surface area (Å²) in [7, 11) is 0. The van der Waals surface area contributed by atoms with E-state index in [-0.39, 0.29) is 11.6 Å². The zero-order chi connectivity index (χ0) is 14.1. The monoisotopic (exact) mass is 270 g/mol. The lowest BCUT2D eigenvalue weighted by Crippen LogP contribution is -2.38. The molecule has 20 heavy (non-hydrogen) atoms. The van der Waals surface area contributed by atoms with Crippen molar-refractivity contribution in [2.24, 2.45) is 0 Å². The molecule has 100 valence electrons. The fourth-order valence-electron chi connectivity index (χ4n) is 2.04. The van der Waals surface area contributed by atoms with Crippen LogP contribution in [-0.4, -0.2) is 15.8 Å². The van der Waals surface area contributed by atoms with E-state index in [2.05, 4.69) is 15.6 Å². The van der Waals surface area contributed by atoms with Gasteiger partial charge in [-0.3, -0.25) is 14.9 Å². The molecule has 1 aromatic heterocycles. The zero-order valence-electron chi connectivity index (χ0n) is 10.2. The van der Waals surface area contributed by atoms with E-state index in [1.54, 1.807) is 30.5 Å². The zero-order valence-corrected chi connectivity index (χ0v) is 10.2. The number of carbonyl (C=O) groups excluding carboxylic acids is 1. The van der Waals surface area contributed by atoms with E-state index in [9.17, 15) is 14.9 Å². The SMILES string of the molecule is O=C1NC(c2ccc([N+](=O)[O-])cc2)Nc2ncccc21. The summed E-state index contributed by atoms with van der Waals surface area (Å²) in [5, 5.41) is 16.5. The maximum absolute atomic E-state index is 11.9. The van der Waals surface area contributed by atoms with Crippen LogP contribution >= 0.6 is 0 Å². The summed E-state index contributed by atoms with van der Waals surface area (Å²) < 4.78 is 0. The summed E-state index contributed by atoms with van der Waals surface area (Å²) in [5.74, 6) is 0.273. The van der Waals surface area contributed by atoms with Gasteiger partial charge >= 0.3 is 0 Å². The number of carbonyl (C=O) groups is 1. The quantitative estimate of drug-likeness (QED) is 0.641. The highest BCUT2D eigenvalue weighted by Gasteiger charge is 2.25. The second-order valence-corrected chi connectivity index (χ2v) is 4.30. The normalized spacial score (nSPS) is 16.8. The van der Waals surface area contributed by atoms with Crippen LogP contribution in [0.1, 0.15) is 22.1 Å². The highest BCUT2D eigenvalue weighted by atomic mass is 16.6. The number of aromatic nitrogens is 1. The van der Waals surface area contributed by atoms with Gasteiger partial charge in [0.15, 0.2) is 0 Å². The Kier molecular flexibility index (Phi) is 2.79. The number of hydrogen-bond acceptors (Lipinski definition) is 5. The van der Waals surface area contributed by atoms with Gasteiger partial charge in [0, 0.05) is 18.3 Å². The van der Waals surface area contributed by atoms with Crippen molar-refractivity contribution in [3.8, 4) is 0 Å². The minimum atomic E-state index is -0.465. The van der Waals surface area contributed by atoms with Crippen molar-refractivity contribution < 1.29 is 9.72 Å². The molecule has 0 spiro atoms. The number of anilines is 1. The Morgan fingerprint density at radius 1 is 1.15 bits per heavy atom. The highest BCUT2D eigenvalue weighted by molar-refractivity contribution is 6.00. The summed E-state index contributed by atoms with van der Waals surface area (Å²) >= 11 is 0. The Bertz CT molecular complexity index is 684. The van der Waals surface area contributed by atoms with Crippen LogP contribution in [-0.2, 0) is 0 Å². The molecule has 0 saturated carbocycles. The average Bonchev–Trinajstić information content (AvgIpc) is 2.47. The second-order valence-electron chi connectivity index (χ2n) is 4.30. The van der Waals surface area contributed by atoms with Gasteiger partial charge in [0.05, 0.1) is 10.5 Å². The summed E-state index contributed by atoms with van der Waals surface area (Å²) in [4.78, 5) is 26.2. The van der Waals surface area contributed by atoms with E-state index < -0.39 is 11.1 Å². The molecule has 0 fully saturated rings. The molecule has 2 N–H and O–H groups in total. The lowest BCUT2D eigenvalue weighted by molar-refractivity contribution is -0.384. The maximum atomic E-state index is 11.9. The van der Waals surface area contributed by atoms with Crippen LogP contribution in [0.3, 0.4) is 0 Å². The van der Waals surface area contributed by atoms with Crippen LogP contribution in [0.2, 0.25) is 0 Å². The topological polar surface area (TPSA) is 97.2 Å². The summed E-state index contributed by atoms with van der Waals surface area (Å²) in [5.41, 5.74) is 1.21. The number of nitro benzene ring substituents is 1. The highest BCUT2D eigenvalue weighted by Crippen LogP contribution is 2.25. The van der Waals surface area contributed by atoms with E-state index in [0.717, 1.165) is 5.56 Å². The number of hydrogen-bond donors (Lipinski definition) is 2. The van der Waals surface area contributed by atoms with Gasteiger partial charge in [-0.1, -0.05) is 0 Å². The van der Waals surface area contributed by atoms with Gasteiger partial charge in [0.1, 0.15) is 12.0 Å². The van der Waals surface area contributed by atoms with Gasteiger partial charge in [-0.25, -0.2) is 4.98 Å². The van der Waals surface area contributed by atoms with Crippen molar-refractivity contribution in [2.75, 3.05) is 5.32 Å². The van der Waals surface area contributed by atoms with E-state index >= 15 is 0 Å². The summed E-state index contributed by atoms with van der Waals surface area (Å²) in [6.07, 6.45) is 1.14. The number of amides is 1. The first-order chi connectivity index (χ1) is 9.65. The van der Waals surface area contributed by atoms with Crippen molar-refractivity contribution in [1.82, 2.24) is 10.3 Å². The van der Waals surface area contributed by atoms with E-state index in [0.29, 0.717) is 11.4 Å². The van der Waals surface area contributed by atoms with E-state index in [4.69, 9.17) is 0 Å². The number of nitro groups is 1. The molecule has 7 heteroatoms. The number of non-ortho nitro benzene ring substituents is 1. The molecule has 2 heterocycles. The molecule has 0 bridgehead atoms. The molecule has 1 aromatic carbocycles. The van der Waals surface area contributed by atoms with E-state index in [1.165, 1.54) is 12.1 Å². The molecule has 0 aliphatic carbocycles. The molecule has 0 radical (unpaired) electrons. The number of rotatable bonds is 2. The Morgan fingerprint density at radius 2 is 1.90 bits per heavy atom. The Hall–Kier alpha value is -2.96. The van der Waals surface area contributed by atoms with Gasteiger partial charge in [-0.15, -0.1) is 0 Å². The lowest BCUT2D eigenvalue weighted by Gasteiger charge is -2.27. The van der Waals surface area contributed by atoms with Crippen molar-refractivity contribution >= 4 is 17.4 Å². The standard InChI is InChI=1S/C13H10N4O3/c18-13-10-2-1-7-14-12(10)15-11(16-13)8-3-5-9(6-4-8)17(19)20/h1-7,11H,(H,14,15)(H,16,18).